The van der Waals surface area contributed by atoms with Crippen molar-refractivity contribution in [2.24, 2.45) is 0 Å². The van der Waals surface area contributed by atoms with Crippen molar-refractivity contribution in [1.29, 1.82) is 0 Å². The lowest BCUT2D eigenvalue weighted by Gasteiger charge is -2.09. The maximum atomic E-state index is 12.4. The molecular weight excluding hydrogens is 472 g/mol. The molecule has 2 aromatic rings. The van der Waals surface area contributed by atoms with Crippen LogP contribution in [0.5, 0.6) is 0 Å². The molecule has 4 heteroatoms. The molecular formula is C34H42O4. The van der Waals surface area contributed by atoms with Gasteiger partial charge in [-0.15, -0.1) is 0 Å². The minimum Gasteiger partial charge on any atom is -0.458 e. The minimum atomic E-state index is -0.298. The van der Waals surface area contributed by atoms with Crippen LogP contribution in [0.2, 0.25) is 0 Å². The van der Waals surface area contributed by atoms with Crippen molar-refractivity contribution in [3.8, 4) is 0 Å². The predicted octanol–water partition coefficient (Wildman–Crippen LogP) is 8.83. The van der Waals surface area contributed by atoms with Gasteiger partial charge in [0.15, 0.2) is 0 Å². The predicted molar refractivity (Wildman–Crippen MR) is 156 cm³/mol. The molecule has 2 aromatic carbocycles. The van der Waals surface area contributed by atoms with Crippen molar-refractivity contribution < 1.29 is 19.1 Å². The van der Waals surface area contributed by atoms with Crippen molar-refractivity contribution in [3.63, 3.8) is 0 Å². The molecule has 0 aromatic heterocycles. The summed E-state index contributed by atoms with van der Waals surface area (Å²) in [4.78, 5) is 24.4. The van der Waals surface area contributed by atoms with Gasteiger partial charge in [-0.05, 0) is 102 Å². The Labute approximate surface area is 228 Å². The summed E-state index contributed by atoms with van der Waals surface area (Å²) in [5.74, 6) is -0.582. The average Bonchev–Trinajstić information content (AvgIpc) is 2.92. The van der Waals surface area contributed by atoms with Crippen LogP contribution in [0.15, 0.2) is 107 Å². The van der Waals surface area contributed by atoms with E-state index < -0.39 is 0 Å². The summed E-state index contributed by atoms with van der Waals surface area (Å²) in [6, 6.07) is 18.2. The van der Waals surface area contributed by atoms with E-state index in [1.807, 2.05) is 42.5 Å². The van der Waals surface area contributed by atoms with Crippen molar-refractivity contribution in [1.82, 2.24) is 0 Å². The molecule has 2 rings (SSSR count). The highest BCUT2D eigenvalue weighted by Gasteiger charge is 2.08. The average molecular weight is 515 g/mol. The molecule has 0 aliphatic heterocycles. The number of esters is 2. The number of hydrogen-bond donors (Lipinski definition) is 0. The molecule has 0 atom stereocenters. The van der Waals surface area contributed by atoms with E-state index in [4.69, 9.17) is 9.47 Å². The third-order valence-electron chi connectivity index (χ3n) is 6.08. The van der Waals surface area contributed by atoms with Crippen LogP contribution in [-0.2, 0) is 9.47 Å². The maximum Gasteiger partial charge on any atom is 0.338 e. The van der Waals surface area contributed by atoms with Gasteiger partial charge in [-0.1, -0.05) is 71.3 Å². The molecule has 0 N–H and O–H groups in total. The van der Waals surface area contributed by atoms with Crippen LogP contribution in [0.25, 0.3) is 0 Å². The second-order valence-electron chi connectivity index (χ2n) is 9.77. The largest absolute Gasteiger partial charge is 0.458 e. The topological polar surface area (TPSA) is 52.6 Å². The quantitative estimate of drug-likeness (QED) is 0.176. The van der Waals surface area contributed by atoms with Gasteiger partial charge < -0.3 is 9.47 Å². The molecule has 0 aliphatic rings. The van der Waals surface area contributed by atoms with E-state index in [-0.39, 0.29) is 18.5 Å². The zero-order valence-corrected chi connectivity index (χ0v) is 23.4. The van der Waals surface area contributed by atoms with Crippen LogP contribution in [0, 0.1) is 0 Å². The van der Waals surface area contributed by atoms with Gasteiger partial charge in [0.2, 0.25) is 0 Å². The smallest absolute Gasteiger partial charge is 0.338 e. The lowest BCUT2D eigenvalue weighted by molar-refractivity contribution is 0.0532. The Hall–Kier alpha value is -3.66. The fourth-order valence-electron chi connectivity index (χ4n) is 3.77. The summed E-state index contributed by atoms with van der Waals surface area (Å²) in [6.45, 7) is 9.04. The van der Waals surface area contributed by atoms with E-state index in [2.05, 4.69) is 45.9 Å². The highest BCUT2D eigenvalue weighted by Crippen LogP contribution is 2.15. The van der Waals surface area contributed by atoms with Crippen LogP contribution in [0.3, 0.4) is 0 Å². The summed E-state index contributed by atoms with van der Waals surface area (Å²) in [5, 5.41) is 0. The number of benzene rings is 2. The van der Waals surface area contributed by atoms with Crippen LogP contribution >= 0.6 is 0 Å². The summed E-state index contributed by atoms with van der Waals surface area (Å²) in [5.41, 5.74) is 6.15. The van der Waals surface area contributed by atoms with Gasteiger partial charge in [-0.3, -0.25) is 0 Å². The van der Waals surface area contributed by atoms with Crippen molar-refractivity contribution in [2.75, 3.05) is 13.2 Å². The van der Waals surface area contributed by atoms with Crippen molar-refractivity contribution in [3.05, 3.63) is 118 Å². The van der Waals surface area contributed by atoms with Crippen LogP contribution in [0.1, 0.15) is 86.9 Å². The molecule has 0 amide bonds. The van der Waals surface area contributed by atoms with Gasteiger partial charge in [-0.2, -0.15) is 0 Å². The fraction of sp³-hybridized carbons (Fsp3) is 0.353. The Morgan fingerprint density at radius 2 is 1.11 bits per heavy atom. The molecule has 0 saturated heterocycles. The third-order valence-corrected chi connectivity index (χ3v) is 6.08. The fourth-order valence-corrected chi connectivity index (χ4v) is 3.77. The van der Waals surface area contributed by atoms with E-state index in [1.54, 1.807) is 24.3 Å². The number of allylic oxidation sites excluding steroid dienone is 6. The summed E-state index contributed by atoms with van der Waals surface area (Å²) >= 11 is 0. The number of ether oxygens (including phenoxy) is 2. The van der Waals surface area contributed by atoms with Crippen molar-refractivity contribution in [2.45, 2.75) is 66.2 Å². The molecule has 0 spiro atoms. The molecule has 202 valence electrons. The van der Waals surface area contributed by atoms with Gasteiger partial charge in [0, 0.05) is 0 Å². The first-order chi connectivity index (χ1) is 18.3. The highest BCUT2D eigenvalue weighted by atomic mass is 16.5. The Kier molecular flexibility index (Phi) is 14.3. The van der Waals surface area contributed by atoms with Crippen LogP contribution in [-0.4, -0.2) is 25.2 Å². The van der Waals surface area contributed by atoms with Gasteiger partial charge in [0.25, 0.3) is 0 Å². The number of rotatable bonds is 15. The minimum absolute atomic E-state index is 0.284. The first-order valence-electron chi connectivity index (χ1n) is 13.4. The van der Waals surface area contributed by atoms with Gasteiger partial charge in [0.1, 0.15) is 13.2 Å². The Morgan fingerprint density at radius 1 is 0.605 bits per heavy atom. The molecule has 0 aliphatic carbocycles. The zero-order valence-electron chi connectivity index (χ0n) is 23.4. The highest BCUT2D eigenvalue weighted by molar-refractivity contribution is 5.89. The standard InChI is InChI=1S/C34H42O4/c1-27(2)14-11-18-30(26-38-34(36)32-22-9-6-10-23-32)19-13-17-28(3)15-12-16-29(4)24-25-37-33(35)31-20-7-5-8-21-31/h5-10,14-15,19-24H,11-13,16-18,25-26H2,1-4H3. The molecule has 0 saturated carbocycles. The maximum absolute atomic E-state index is 12.4. The second-order valence-corrected chi connectivity index (χ2v) is 9.77. The second kappa shape index (κ2) is 17.7. The third kappa shape index (κ3) is 13.0. The van der Waals surface area contributed by atoms with Crippen LogP contribution < -0.4 is 0 Å². The zero-order chi connectivity index (χ0) is 27.6. The van der Waals surface area contributed by atoms with Crippen molar-refractivity contribution >= 4 is 11.9 Å². The molecule has 0 unspecified atom stereocenters. The number of hydrogen-bond acceptors (Lipinski definition) is 4. The van der Waals surface area contributed by atoms with E-state index in [0.717, 1.165) is 44.1 Å². The van der Waals surface area contributed by atoms with Gasteiger partial charge >= 0.3 is 11.9 Å². The van der Waals surface area contributed by atoms with E-state index in [9.17, 15) is 9.59 Å². The van der Waals surface area contributed by atoms with Crippen LogP contribution in [0.4, 0.5) is 0 Å². The molecule has 0 fully saturated rings. The first kappa shape index (κ1) is 30.6. The molecule has 0 bridgehead atoms. The molecule has 4 nitrogen and oxygen atoms in total. The monoisotopic (exact) mass is 514 g/mol. The Morgan fingerprint density at radius 3 is 1.68 bits per heavy atom. The molecule has 38 heavy (non-hydrogen) atoms. The number of carbonyl (C=O) groups is 2. The summed E-state index contributed by atoms with van der Waals surface area (Å²) < 4.78 is 10.9. The normalized spacial score (nSPS) is 12.2. The Balaban J connectivity index is 1.77. The van der Waals surface area contributed by atoms with E-state index in [0.29, 0.717) is 17.7 Å². The van der Waals surface area contributed by atoms with E-state index >= 15 is 0 Å². The Bertz CT molecular complexity index is 1120. The summed E-state index contributed by atoms with van der Waals surface area (Å²) in [6.07, 6.45) is 14.3. The summed E-state index contributed by atoms with van der Waals surface area (Å²) in [7, 11) is 0. The van der Waals surface area contributed by atoms with Gasteiger partial charge in [-0.25, -0.2) is 9.59 Å². The lowest BCUT2D eigenvalue weighted by Crippen LogP contribution is -2.08. The van der Waals surface area contributed by atoms with E-state index in [1.165, 1.54) is 16.7 Å². The first-order valence-corrected chi connectivity index (χ1v) is 13.4. The lowest BCUT2D eigenvalue weighted by atomic mass is 10.0. The number of carbonyl (C=O) groups excluding carboxylic acids is 2. The SMILES string of the molecule is CC(C)=CCCC(=CCCC(C)=CCCC(C)=CCOC(=O)c1ccccc1)COC(=O)c1ccccc1. The molecule has 0 radical (unpaired) electrons. The van der Waals surface area contributed by atoms with Gasteiger partial charge in [0.05, 0.1) is 11.1 Å². The molecule has 0 heterocycles.